The van der Waals surface area contributed by atoms with Gasteiger partial charge in [-0.2, -0.15) is 13.2 Å². The quantitative estimate of drug-likeness (QED) is 0.708. The Morgan fingerprint density at radius 2 is 1.48 bits per heavy atom. The molecule has 3 rings (SSSR count). The van der Waals surface area contributed by atoms with E-state index >= 15 is 0 Å². The van der Waals surface area contributed by atoms with Gasteiger partial charge < -0.3 is 9.67 Å². The number of halogens is 3. The molecule has 0 spiro atoms. The van der Waals surface area contributed by atoms with Crippen LogP contribution in [0.3, 0.4) is 0 Å². The molecule has 0 saturated heterocycles. The van der Waals surface area contributed by atoms with E-state index in [1.54, 1.807) is 0 Å². The standard InChI is InChI=1S/C20H20F3N3O/c1-13(2)19-25-24-18(12-27)26(19)11-14-3-5-15(6-4-14)16-7-9-17(10-8-16)20(21,22)23/h3-10,13,27H,11-12H2,1-2H3. The average molecular weight is 375 g/mol. The van der Waals surface area contributed by atoms with Crippen molar-refractivity contribution < 1.29 is 18.3 Å². The Kier molecular flexibility index (Phi) is 5.32. The number of hydrogen-bond donors (Lipinski definition) is 1. The largest absolute Gasteiger partial charge is 0.416 e. The monoisotopic (exact) mass is 375 g/mol. The van der Waals surface area contributed by atoms with E-state index in [4.69, 9.17) is 0 Å². The maximum absolute atomic E-state index is 12.7. The lowest BCUT2D eigenvalue weighted by atomic mass is 10.0. The third-order valence-electron chi connectivity index (χ3n) is 4.35. The highest BCUT2D eigenvalue weighted by Crippen LogP contribution is 2.31. The fourth-order valence-corrected chi connectivity index (χ4v) is 2.90. The maximum Gasteiger partial charge on any atom is 0.416 e. The van der Waals surface area contributed by atoms with Crippen molar-refractivity contribution in [1.82, 2.24) is 14.8 Å². The molecule has 4 nitrogen and oxygen atoms in total. The number of nitrogens with zero attached hydrogens (tertiary/aromatic N) is 3. The summed E-state index contributed by atoms with van der Waals surface area (Å²) >= 11 is 0. The number of hydrogen-bond acceptors (Lipinski definition) is 3. The zero-order chi connectivity index (χ0) is 19.6. The second-order valence-corrected chi connectivity index (χ2v) is 6.65. The van der Waals surface area contributed by atoms with E-state index in [0.29, 0.717) is 12.4 Å². The summed E-state index contributed by atoms with van der Waals surface area (Å²) in [7, 11) is 0. The van der Waals surface area contributed by atoms with Gasteiger partial charge in [-0.05, 0) is 28.8 Å². The number of aromatic nitrogens is 3. The number of aliphatic hydroxyl groups excluding tert-OH is 1. The lowest BCUT2D eigenvalue weighted by molar-refractivity contribution is -0.137. The van der Waals surface area contributed by atoms with Crippen LogP contribution in [0.1, 0.15) is 42.5 Å². The van der Waals surface area contributed by atoms with Gasteiger partial charge in [-0.1, -0.05) is 50.2 Å². The van der Waals surface area contributed by atoms with Crippen LogP contribution < -0.4 is 0 Å². The lowest BCUT2D eigenvalue weighted by Crippen LogP contribution is -2.10. The molecule has 1 heterocycles. The molecule has 1 N–H and O–H groups in total. The first-order chi connectivity index (χ1) is 12.8. The molecule has 3 aromatic rings. The van der Waals surface area contributed by atoms with Gasteiger partial charge in [0.2, 0.25) is 0 Å². The normalized spacial score (nSPS) is 12.0. The molecule has 27 heavy (non-hydrogen) atoms. The summed E-state index contributed by atoms with van der Waals surface area (Å²) < 4.78 is 39.9. The van der Waals surface area contributed by atoms with Crippen molar-refractivity contribution in [2.45, 2.75) is 39.1 Å². The Morgan fingerprint density at radius 3 is 1.96 bits per heavy atom. The van der Waals surface area contributed by atoms with Crippen molar-refractivity contribution in [2.75, 3.05) is 0 Å². The van der Waals surface area contributed by atoms with Gasteiger partial charge in [-0.15, -0.1) is 10.2 Å². The van der Waals surface area contributed by atoms with Crippen LogP contribution in [0.2, 0.25) is 0 Å². The van der Waals surface area contributed by atoms with Crippen LogP contribution in [0.15, 0.2) is 48.5 Å². The first-order valence-electron chi connectivity index (χ1n) is 8.59. The molecule has 0 bridgehead atoms. The van der Waals surface area contributed by atoms with E-state index in [2.05, 4.69) is 10.2 Å². The summed E-state index contributed by atoms with van der Waals surface area (Å²) in [6.07, 6.45) is -4.33. The van der Waals surface area contributed by atoms with E-state index < -0.39 is 11.7 Å². The number of rotatable bonds is 5. The van der Waals surface area contributed by atoms with E-state index in [0.717, 1.165) is 34.6 Å². The van der Waals surface area contributed by atoms with Crippen molar-refractivity contribution in [3.8, 4) is 11.1 Å². The SMILES string of the molecule is CC(C)c1nnc(CO)n1Cc1ccc(-c2ccc(C(F)(F)F)cc2)cc1. The van der Waals surface area contributed by atoms with Gasteiger partial charge in [-0.25, -0.2) is 0 Å². The van der Waals surface area contributed by atoms with Gasteiger partial charge in [0, 0.05) is 5.92 Å². The first-order valence-corrected chi connectivity index (χ1v) is 8.59. The first kappa shape index (κ1) is 19.1. The third kappa shape index (κ3) is 4.19. The Hall–Kier alpha value is -2.67. The van der Waals surface area contributed by atoms with Gasteiger partial charge >= 0.3 is 6.18 Å². The Bertz CT molecular complexity index is 898. The van der Waals surface area contributed by atoms with Crippen LogP contribution >= 0.6 is 0 Å². The zero-order valence-corrected chi connectivity index (χ0v) is 15.0. The number of alkyl halides is 3. The highest BCUT2D eigenvalue weighted by Gasteiger charge is 2.29. The lowest BCUT2D eigenvalue weighted by Gasteiger charge is -2.12. The predicted octanol–water partition coefficient (Wildman–Crippen LogP) is 4.63. The van der Waals surface area contributed by atoms with Crippen LogP contribution in [-0.2, 0) is 19.3 Å². The Balaban J connectivity index is 1.81. The Labute approximate surface area is 155 Å². The highest BCUT2D eigenvalue weighted by molar-refractivity contribution is 5.64. The third-order valence-corrected chi connectivity index (χ3v) is 4.35. The fourth-order valence-electron chi connectivity index (χ4n) is 2.90. The van der Waals surface area contributed by atoms with Gasteiger partial charge in [-0.3, -0.25) is 0 Å². The van der Waals surface area contributed by atoms with E-state index in [1.165, 1.54) is 12.1 Å². The van der Waals surface area contributed by atoms with E-state index in [1.807, 2.05) is 42.7 Å². The molecule has 7 heteroatoms. The molecule has 0 fully saturated rings. The molecule has 0 amide bonds. The van der Waals surface area contributed by atoms with Crippen molar-refractivity contribution in [3.05, 3.63) is 71.3 Å². The van der Waals surface area contributed by atoms with Gasteiger partial charge in [0.25, 0.3) is 0 Å². The minimum Gasteiger partial charge on any atom is -0.388 e. The van der Waals surface area contributed by atoms with E-state index in [-0.39, 0.29) is 12.5 Å². The van der Waals surface area contributed by atoms with Crippen LogP contribution in [0, 0.1) is 0 Å². The molecule has 0 saturated carbocycles. The molecule has 142 valence electrons. The molecule has 0 aliphatic rings. The molecule has 1 aromatic heterocycles. The Morgan fingerprint density at radius 1 is 0.926 bits per heavy atom. The molecule has 0 aliphatic carbocycles. The van der Waals surface area contributed by atoms with Crippen molar-refractivity contribution >= 4 is 0 Å². The fraction of sp³-hybridized carbons (Fsp3) is 0.300. The number of aliphatic hydroxyl groups is 1. The summed E-state index contributed by atoms with van der Waals surface area (Å²) in [6.45, 7) is 4.35. The topological polar surface area (TPSA) is 50.9 Å². The molecule has 2 aromatic carbocycles. The van der Waals surface area contributed by atoms with Gasteiger partial charge in [0.05, 0.1) is 12.1 Å². The van der Waals surface area contributed by atoms with Crippen molar-refractivity contribution in [2.24, 2.45) is 0 Å². The summed E-state index contributed by atoms with van der Waals surface area (Å²) in [5, 5.41) is 17.6. The molecule has 0 radical (unpaired) electrons. The zero-order valence-electron chi connectivity index (χ0n) is 15.0. The van der Waals surface area contributed by atoms with Gasteiger partial charge in [0.1, 0.15) is 12.4 Å². The number of benzene rings is 2. The molecule has 0 aliphatic heterocycles. The minimum absolute atomic E-state index is 0.171. The highest BCUT2D eigenvalue weighted by atomic mass is 19.4. The van der Waals surface area contributed by atoms with Crippen LogP contribution in [-0.4, -0.2) is 19.9 Å². The molecular formula is C20H20F3N3O. The molecular weight excluding hydrogens is 355 g/mol. The van der Waals surface area contributed by atoms with Gasteiger partial charge in [0.15, 0.2) is 5.82 Å². The summed E-state index contributed by atoms with van der Waals surface area (Å²) in [5.41, 5.74) is 1.88. The van der Waals surface area contributed by atoms with Crippen molar-refractivity contribution in [1.29, 1.82) is 0 Å². The average Bonchev–Trinajstić information content (AvgIpc) is 3.04. The van der Waals surface area contributed by atoms with Crippen LogP contribution in [0.25, 0.3) is 11.1 Å². The summed E-state index contributed by atoms with van der Waals surface area (Å²) in [4.78, 5) is 0. The smallest absolute Gasteiger partial charge is 0.388 e. The maximum atomic E-state index is 12.7. The van der Waals surface area contributed by atoms with Crippen LogP contribution in [0.4, 0.5) is 13.2 Å². The summed E-state index contributed by atoms with van der Waals surface area (Å²) in [5.74, 6) is 1.47. The van der Waals surface area contributed by atoms with Crippen molar-refractivity contribution in [3.63, 3.8) is 0 Å². The molecule has 0 atom stereocenters. The van der Waals surface area contributed by atoms with Crippen LogP contribution in [0.5, 0.6) is 0 Å². The second-order valence-electron chi connectivity index (χ2n) is 6.65. The predicted molar refractivity (Wildman–Crippen MR) is 96.0 cm³/mol. The molecule has 0 unspecified atom stereocenters. The van der Waals surface area contributed by atoms with E-state index in [9.17, 15) is 18.3 Å². The minimum atomic E-state index is -4.33. The summed E-state index contributed by atoms with van der Waals surface area (Å²) in [6, 6.07) is 12.7. The second kappa shape index (κ2) is 7.52.